The van der Waals surface area contributed by atoms with Gasteiger partial charge in [0, 0.05) is 13.1 Å². The van der Waals surface area contributed by atoms with E-state index in [-0.39, 0.29) is 0 Å². The number of hydrogen-bond donors (Lipinski definition) is 1. The fourth-order valence-electron chi connectivity index (χ4n) is 2.16. The van der Waals surface area contributed by atoms with Crippen molar-refractivity contribution < 1.29 is 4.74 Å². The second kappa shape index (κ2) is 7.20. The number of unbranched alkanes of at least 4 members (excludes halogenated alkanes) is 2. The highest BCUT2D eigenvalue weighted by atomic mass is 16.5. The van der Waals surface area contributed by atoms with E-state index in [4.69, 9.17) is 10.5 Å². The van der Waals surface area contributed by atoms with Gasteiger partial charge < -0.3 is 15.4 Å². The minimum atomic E-state index is 0.319. The van der Waals surface area contributed by atoms with E-state index in [0.29, 0.717) is 18.8 Å². The van der Waals surface area contributed by atoms with Crippen LogP contribution in [0.1, 0.15) is 39.0 Å². The number of rotatable bonds is 7. The molecule has 0 aromatic heterocycles. The number of hydrogen-bond acceptors (Lipinski definition) is 3. The van der Waals surface area contributed by atoms with E-state index in [2.05, 4.69) is 18.9 Å². The Kier molecular flexibility index (Phi) is 6.22. The standard InChI is InChI=1S/C12H26N2O/c1-3-4-5-8-14(2)10-12-7-6-11(9-13)15-12/h11-12H,3-10,13H2,1-2H3. The monoisotopic (exact) mass is 214 g/mol. The maximum absolute atomic E-state index is 5.82. The minimum Gasteiger partial charge on any atom is -0.372 e. The second-order valence-corrected chi connectivity index (χ2v) is 4.66. The quantitative estimate of drug-likeness (QED) is 0.654. The predicted octanol–water partition coefficient (Wildman–Crippen LogP) is 1.61. The highest BCUT2D eigenvalue weighted by molar-refractivity contribution is 4.76. The molecule has 1 fully saturated rings. The van der Waals surface area contributed by atoms with Crippen LogP contribution >= 0.6 is 0 Å². The van der Waals surface area contributed by atoms with Crippen LogP contribution in [0.15, 0.2) is 0 Å². The second-order valence-electron chi connectivity index (χ2n) is 4.66. The molecule has 1 aliphatic rings. The van der Waals surface area contributed by atoms with Crippen LogP contribution in [0.3, 0.4) is 0 Å². The third-order valence-electron chi connectivity index (χ3n) is 3.12. The van der Waals surface area contributed by atoms with Crippen molar-refractivity contribution in [2.45, 2.75) is 51.2 Å². The van der Waals surface area contributed by atoms with Crippen molar-refractivity contribution in [3.05, 3.63) is 0 Å². The highest BCUT2D eigenvalue weighted by Crippen LogP contribution is 2.19. The molecule has 15 heavy (non-hydrogen) atoms. The molecule has 2 atom stereocenters. The Morgan fingerprint density at radius 2 is 2.00 bits per heavy atom. The van der Waals surface area contributed by atoms with Crippen molar-refractivity contribution in [2.75, 3.05) is 26.7 Å². The summed E-state index contributed by atoms with van der Waals surface area (Å²) in [7, 11) is 2.19. The lowest BCUT2D eigenvalue weighted by Crippen LogP contribution is -2.31. The van der Waals surface area contributed by atoms with Crippen LogP contribution in [-0.2, 0) is 4.74 Å². The summed E-state index contributed by atoms with van der Waals surface area (Å²) in [4.78, 5) is 2.39. The van der Waals surface area contributed by atoms with Crippen LogP contribution in [0.4, 0.5) is 0 Å². The van der Waals surface area contributed by atoms with Gasteiger partial charge in [0.1, 0.15) is 0 Å². The zero-order valence-electron chi connectivity index (χ0n) is 10.2. The van der Waals surface area contributed by atoms with Gasteiger partial charge in [-0.25, -0.2) is 0 Å². The minimum absolute atomic E-state index is 0.319. The van der Waals surface area contributed by atoms with Crippen molar-refractivity contribution >= 4 is 0 Å². The molecule has 3 nitrogen and oxygen atoms in total. The molecule has 0 aliphatic carbocycles. The molecule has 0 aromatic rings. The molecule has 1 heterocycles. The normalized spacial score (nSPS) is 26.4. The zero-order chi connectivity index (χ0) is 11.1. The maximum atomic E-state index is 5.82. The summed E-state index contributed by atoms with van der Waals surface area (Å²) in [6.45, 7) is 5.18. The molecule has 0 spiro atoms. The summed E-state index contributed by atoms with van der Waals surface area (Å²) in [5, 5.41) is 0. The fraction of sp³-hybridized carbons (Fsp3) is 1.00. The van der Waals surface area contributed by atoms with Gasteiger partial charge >= 0.3 is 0 Å². The smallest absolute Gasteiger partial charge is 0.0707 e. The Morgan fingerprint density at radius 3 is 2.60 bits per heavy atom. The average Bonchev–Trinajstić information content (AvgIpc) is 2.66. The lowest BCUT2D eigenvalue weighted by molar-refractivity contribution is 0.0316. The largest absolute Gasteiger partial charge is 0.372 e. The molecule has 3 heteroatoms. The predicted molar refractivity (Wildman–Crippen MR) is 64.0 cm³/mol. The highest BCUT2D eigenvalue weighted by Gasteiger charge is 2.24. The van der Waals surface area contributed by atoms with Crippen LogP contribution in [-0.4, -0.2) is 43.8 Å². The third kappa shape index (κ3) is 4.96. The van der Waals surface area contributed by atoms with Gasteiger partial charge in [-0.15, -0.1) is 0 Å². The van der Waals surface area contributed by atoms with Crippen LogP contribution < -0.4 is 5.73 Å². The van der Waals surface area contributed by atoms with E-state index in [1.54, 1.807) is 0 Å². The molecule has 0 saturated carbocycles. The van der Waals surface area contributed by atoms with E-state index < -0.39 is 0 Å². The molecule has 2 N–H and O–H groups in total. The lowest BCUT2D eigenvalue weighted by atomic mass is 10.2. The van der Waals surface area contributed by atoms with Gasteiger partial charge in [0.05, 0.1) is 12.2 Å². The number of ether oxygens (including phenoxy) is 1. The first-order valence-corrected chi connectivity index (χ1v) is 6.30. The van der Waals surface area contributed by atoms with Gasteiger partial charge in [-0.05, 0) is 32.9 Å². The van der Waals surface area contributed by atoms with Gasteiger partial charge in [-0.3, -0.25) is 0 Å². The summed E-state index contributed by atoms with van der Waals surface area (Å²) < 4.78 is 5.82. The van der Waals surface area contributed by atoms with Crippen molar-refractivity contribution in [1.29, 1.82) is 0 Å². The molecule has 0 aromatic carbocycles. The van der Waals surface area contributed by atoms with Gasteiger partial charge in [0.25, 0.3) is 0 Å². The Bertz CT molecular complexity index is 164. The molecule has 0 bridgehead atoms. The maximum Gasteiger partial charge on any atom is 0.0707 e. The first-order chi connectivity index (χ1) is 7.26. The van der Waals surface area contributed by atoms with Crippen LogP contribution in [0.25, 0.3) is 0 Å². The first kappa shape index (κ1) is 12.9. The Hall–Kier alpha value is -0.120. The average molecular weight is 214 g/mol. The summed E-state index contributed by atoms with van der Waals surface area (Å²) >= 11 is 0. The summed E-state index contributed by atoms with van der Waals surface area (Å²) in [6, 6.07) is 0. The lowest BCUT2D eigenvalue weighted by Gasteiger charge is -2.21. The van der Waals surface area contributed by atoms with E-state index in [9.17, 15) is 0 Å². The fourth-order valence-corrected chi connectivity index (χ4v) is 2.16. The molecule has 1 saturated heterocycles. The third-order valence-corrected chi connectivity index (χ3v) is 3.12. The van der Waals surface area contributed by atoms with E-state index >= 15 is 0 Å². The van der Waals surface area contributed by atoms with Gasteiger partial charge in [-0.2, -0.15) is 0 Å². The molecule has 2 unspecified atom stereocenters. The van der Waals surface area contributed by atoms with Crippen LogP contribution in [0, 0.1) is 0 Å². The van der Waals surface area contributed by atoms with Crippen LogP contribution in [0.5, 0.6) is 0 Å². The summed E-state index contributed by atoms with van der Waals surface area (Å²) in [6.07, 6.45) is 7.00. The van der Waals surface area contributed by atoms with Crippen molar-refractivity contribution in [1.82, 2.24) is 4.90 Å². The van der Waals surface area contributed by atoms with Gasteiger partial charge in [0.15, 0.2) is 0 Å². The number of likely N-dealkylation sites (N-methyl/N-ethyl adjacent to an activating group) is 1. The van der Waals surface area contributed by atoms with Crippen molar-refractivity contribution in [3.63, 3.8) is 0 Å². The number of nitrogens with zero attached hydrogens (tertiary/aromatic N) is 1. The van der Waals surface area contributed by atoms with Crippen molar-refractivity contribution in [3.8, 4) is 0 Å². The van der Waals surface area contributed by atoms with E-state index in [1.807, 2.05) is 0 Å². The Labute approximate surface area is 94.0 Å². The number of nitrogens with two attached hydrogens (primary N) is 1. The van der Waals surface area contributed by atoms with Crippen LogP contribution in [0.2, 0.25) is 0 Å². The zero-order valence-corrected chi connectivity index (χ0v) is 10.2. The Balaban J connectivity index is 2.07. The summed E-state index contributed by atoms with van der Waals surface area (Å²) in [5.74, 6) is 0. The van der Waals surface area contributed by atoms with E-state index in [1.165, 1.54) is 32.2 Å². The SMILES string of the molecule is CCCCCN(C)CC1CCC(CN)O1. The van der Waals surface area contributed by atoms with Crippen molar-refractivity contribution in [2.24, 2.45) is 5.73 Å². The molecule has 1 aliphatic heterocycles. The first-order valence-electron chi connectivity index (χ1n) is 6.30. The molecule has 90 valence electrons. The molecule has 0 radical (unpaired) electrons. The Morgan fingerprint density at radius 1 is 1.27 bits per heavy atom. The molecular weight excluding hydrogens is 188 g/mol. The van der Waals surface area contributed by atoms with E-state index in [0.717, 1.165) is 13.0 Å². The molecular formula is C12H26N2O. The summed E-state index contributed by atoms with van der Waals surface area (Å²) in [5.41, 5.74) is 5.59. The molecule has 0 amide bonds. The topological polar surface area (TPSA) is 38.5 Å². The van der Waals surface area contributed by atoms with Gasteiger partial charge in [0.2, 0.25) is 0 Å². The molecule has 1 rings (SSSR count). The van der Waals surface area contributed by atoms with Gasteiger partial charge in [-0.1, -0.05) is 19.8 Å².